The van der Waals surface area contributed by atoms with Crippen molar-refractivity contribution in [3.63, 3.8) is 0 Å². The zero-order valence-corrected chi connectivity index (χ0v) is 12.9. The molecule has 0 aromatic carbocycles. The number of carboxylic acids is 1. The summed E-state index contributed by atoms with van der Waals surface area (Å²) in [6.07, 6.45) is 2.02. The van der Waals surface area contributed by atoms with Crippen molar-refractivity contribution in [1.29, 1.82) is 0 Å². The van der Waals surface area contributed by atoms with E-state index >= 15 is 0 Å². The molecule has 0 radical (unpaired) electrons. The Balaban J connectivity index is 2.83. The van der Waals surface area contributed by atoms with Gasteiger partial charge < -0.3 is 19.6 Å². The number of carboxylic acid groups (broad SMARTS) is 1. The average molecular weight is 300 g/mol. The summed E-state index contributed by atoms with van der Waals surface area (Å²) in [7, 11) is 0. The van der Waals surface area contributed by atoms with Gasteiger partial charge >= 0.3 is 18.0 Å². The van der Waals surface area contributed by atoms with Crippen LogP contribution in [0.4, 0.5) is 4.79 Å². The molecular weight excluding hydrogens is 276 g/mol. The van der Waals surface area contributed by atoms with Gasteiger partial charge in [0.25, 0.3) is 0 Å². The molecule has 1 N–H and O–H groups in total. The molecule has 1 heterocycles. The summed E-state index contributed by atoms with van der Waals surface area (Å²) in [6, 6.07) is -1.43. The second-order valence-electron chi connectivity index (χ2n) is 5.35. The predicted octanol–water partition coefficient (Wildman–Crippen LogP) is 1.32. The number of hydrogen-bond acceptors (Lipinski definition) is 4. The van der Waals surface area contributed by atoms with E-state index in [-0.39, 0.29) is 19.2 Å². The highest BCUT2D eigenvalue weighted by molar-refractivity contribution is 5.85. The highest BCUT2D eigenvalue weighted by Crippen LogP contribution is 2.20. The standard InChI is InChI=1S/C14H24N2O5/c1-4-21-12(17)9-16(10(2)3)14(20)15-8-6-5-7-11(15)13(18)19/h10-11H,4-9H2,1-3H3,(H,18,19). The van der Waals surface area contributed by atoms with Crippen molar-refractivity contribution < 1.29 is 24.2 Å². The van der Waals surface area contributed by atoms with Gasteiger partial charge in [-0.15, -0.1) is 0 Å². The van der Waals surface area contributed by atoms with Crippen LogP contribution in [0.25, 0.3) is 0 Å². The molecular formula is C14H24N2O5. The first-order chi connectivity index (χ1) is 9.88. The minimum atomic E-state index is -0.997. The largest absolute Gasteiger partial charge is 0.480 e. The number of likely N-dealkylation sites (tertiary alicyclic amines) is 1. The molecule has 0 bridgehead atoms. The highest BCUT2D eigenvalue weighted by atomic mass is 16.5. The lowest BCUT2D eigenvalue weighted by Crippen LogP contribution is -2.55. The van der Waals surface area contributed by atoms with Crippen molar-refractivity contribution >= 4 is 18.0 Å². The number of carbonyl (C=O) groups excluding carboxylic acids is 2. The lowest BCUT2D eigenvalue weighted by Gasteiger charge is -2.38. The first-order valence-corrected chi connectivity index (χ1v) is 7.34. The van der Waals surface area contributed by atoms with Crippen molar-refractivity contribution in [2.45, 2.75) is 52.1 Å². The summed E-state index contributed by atoms with van der Waals surface area (Å²) in [6.45, 7) is 5.77. The SMILES string of the molecule is CCOC(=O)CN(C(=O)N1CCCCC1C(=O)O)C(C)C. The second kappa shape index (κ2) is 7.85. The minimum Gasteiger partial charge on any atom is -0.480 e. The summed E-state index contributed by atoms with van der Waals surface area (Å²) in [5, 5.41) is 9.24. The normalized spacial score (nSPS) is 18.5. The van der Waals surface area contributed by atoms with Crippen molar-refractivity contribution in [3.8, 4) is 0 Å². The molecule has 7 heteroatoms. The lowest BCUT2D eigenvalue weighted by atomic mass is 10.0. The third kappa shape index (κ3) is 4.61. The van der Waals surface area contributed by atoms with E-state index in [1.165, 1.54) is 9.80 Å². The Labute approximate surface area is 124 Å². The minimum absolute atomic E-state index is 0.160. The fourth-order valence-corrected chi connectivity index (χ4v) is 2.40. The van der Waals surface area contributed by atoms with E-state index in [0.717, 1.165) is 12.8 Å². The van der Waals surface area contributed by atoms with E-state index in [9.17, 15) is 19.5 Å². The van der Waals surface area contributed by atoms with Gasteiger partial charge in [0.15, 0.2) is 0 Å². The van der Waals surface area contributed by atoms with Gasteiger partial charge in [-0.25, -0.2) is 9.59 Å². The van der Waals surface area contributed by atoms with Crippen LogP contribution in [0.3, 0.4) is 0 Å². The molecule has 0 saturated carbocycles. The van der Waals surface area contributed by atoms with Crippen LogP contribution in [-0.4, -0.2) is 64.7 Å². The van der Waals surface area contributed by atoms with Crippen molar-refractivity contribution in [1.82, 2.24) is 9.80 Å². The number of carbonyl (C=O) groups is 3. The molecule has 21 heavy (non-hydrogen) atoms. The fourth-order valence-electron chi connectivity index (χ4n) is 2.40. The summed E-state index contributed by atoms with van der Waals surface area (Å²) >= 11 is 0. The van der Waals surface area contributed by atoms with Crippen LogP contribution in [0, 0.1) is 0 Å². The molecule has 1 saturated heterocycles. The van der Waals surface area contributed by atoms with Crippen molar-refractivity contribution in [2.75, 3.05) is 19.7 Å². The number of ether oxygens (including phenoxy) is 1. The summed E-state index contributed by atoms with van der Waals surface area (Å²) in [5.41, 5.74) is 0. The van der Waals surface area contributed by atoms with Crippen molar-refractivity contribution in [2.24, 2.45) is 0 Å². The Morgan fingerprint density at radius 1 is 1.33 bits per heavy atom. The number of aliphatic carboxylic acids is 1. The molecule has 1 rings (SSSR count). The van der Waals surface area contributed by atoms with Crippen LogP contribution in [0.15, 0.2) is 0 Å². The topological polar surface area (TPSA) is 87.2 Å². The zero-order chi connectivity index (χ0) is 16.0. The van der Waals surface area contributed by atoms with E-state index in [0.29, 0.717) is 13.0 Å². The van der Waals surface area contributed by atoms with Gasteiger partial charge in [-0.1, -0.05) is 0 Å². The molecule has 0 spiro atoms. The summed E-state index contributed by atoms with van der Waals surface area (Å²) in [5.74, 6) is -1.48. The van der Waals surface area contributed by atoms with Crippen LogP contribution < -0.4 is 0 Å². The first kappa shape index (κ1) is 17.3. The van der Waals surface area contributed by atoms with Gasteiger partial charge in [-0.3, -0.25) is 4.79 Å². The molecule has 1 fully saturated rings. The second-order valence-corrected chi connectivity index (χ2v) is 5.35. The van der Waals surface area contributed by atoms with E-state index in [1.54, 1.807) is 20.8 Å². The highest BCUT2D eigenvalue weighted by Gasteiger charge is 2.35. The van der Waals surface area contributed by atoms with Crippen LogP contribution >= 0.6 is 0 Å². The van der Waals surface area contributed by atoms with Crippen molar-refractivity contribution in [3.05, 3.63) is 0 Å². The molecule has 0 aromatic heterocycles. The Morgan fingerprint density at radius 3 is 2.52 bits per heavy atom. The van der Waals surface area contributed by atoms with Crippen LogP contribution in [0.1, 0.15) is 40.0 Å². The number of nitrogens with zero attached hydrogens (tertiary/aromatic N) is 2. The van der Waals surface area contributed by atoms with Gasteiger partial charge in [0.2, 0.25) is 0 Å². The lowest BCUT2D eigenvalue weighted by molar-refractivity contribution is -0.144. The third-order valence-corrected chi connectivity index (χ3v) is 3.51. The fraction of sp³-hybridized carbons (Fsp3) is 0.786. The number of hydrogen-bond donors (Lipinski definition) is 1. The molecule has 1 aliphatic heterocycles. The molecule has 1 aliphatic rings. The Hall–Kier alpha value is -1.79. The number of urea groups is 1. The van der Waals surface area contributed by atoms with E-state index in [4.69, 9.17) is 4.74 Å². The van der Waals surface area contributed by atoms with E-state index in [1.807, 2.05) is 0 Å². The van der Waals surface area contributed by atoms with Crippen LogP contribution in [-0.2, 0) is 14.3 Å². The Bertz CT molecular complexity index is 397. The smallest absolute Gasteiger partial charge is 0.326 e. The van der Waals surface area contributed by atoms with E-state index in [2.05, 4.69) is 0 Å². The summed E-state index contributed by atoms with van der Waals surface area (Å²) < 4.78 is 4.87. The zero-order valence-electron chi connectivity index (χ0n) is 12.9. The molecule has 0 aliphatic carbocycles. The predicted molar refractivity (Wildman–Crippen MR) is 75.9 cm³/mol. The molecule has 0 aromatic rings. The van der Waals surface area contributed by atoms with Crippen LogP contribution in [0.5, 0.6) is 0 Å². The Kier molecular flexibility index (Phi) is 6.45. The van der Waals surface area contributed by atoms with Gasteiger partial charge in [0.1, 0.15) is 12.6 Å². The summed E-state index contributed by atoms with van der Waals surface area (Å²) in [4.78, 5) is 38.2. The quantitative estimate of drug-likeness (QED) is 0.774. The van der Waals surface area contributed by atoms with E-state index < -0.39 is 24.0 Å². The maximum Gasteiger partial charge on any atom is 0.326 e. The van der Waals surface area contributed by atoms with Gasteiger partial charge in [0.05, 0.1) is 6.61 Å². The monoisotopic (exact) mass is 300 g/mol. The molecule has 7 nitrogen and oxygen atoms in total. The molecule has 1 unspecified atom stereocenters. The average Bonchev–Trinajstić information content (AvgIpc) is 2.44. The maximum absolute atomic E-state index is 12.6. The maximum atomic E-state index is 12.6. The first-order valence-electron chi connectivity index (χ1n) is 7.34. The number of esters is 1. The van der Waals surface area contributed by atoms with Gasteiger partial charge in [-0.2, -0.15) is 0 Å². The Morgan fingerprint density at radius 2 is 2.00 bits per heavy atom. The number of amides is 2. The molecule has 1 atom stereocenters. The molecule has 120 valence electrons. The van der Waals surface area contributed by atoms with Gasteiger partial charge in [-0.05, 0) is 40.0 Å². The number of rotatable bonds is 5. The number of piperidine rings is 1. The molecule has 2 amide bonds. The van der Waals surface area contributed by atoms with Gasteiger partial charge in [0, 0.05) is 12.6 Å². The van der Waals surface area contributed by atoms with Crippen LogP contribution in [0.2, 0.25) is 0 Å². The third-order valence-electron chi connectivity index (χ3n) is 3.51.